The summed E-state index contributed by atoms with van der Waals surface area (Å²) in [7, 11) is 1.55. The summed E-state index contributed by atoms with van der Waals surface area (Å²) < 4.78 is 6.79. The lowest BCUT2D eigenvalue weighted by Gasteiger charge is -2.16. The number of aromatic nitrogens is 3. The molecule has 7 nitrogen and oxygen atoms in total. The molecule has 0 spiro atoms. The second kappa shape index (κ2) is 8.12. The Morgan fingerprint density at radius 1 is 1.25 bits per heavy atom. The molecule has 7 heteroatoms. The van der Waals surface area contributed by atoms with Crippen molar-refractivity contribution >= 4 is 5.91 Å². The number of aromatic hydroxyl groups is 1. The second-order valence-electron chi connectivity index (χ2n) is 6.87. The largest absolute Gasteiger partial charge is 0.504 e. The molecule has 0 unspecified atom stereocenters. The molecule has 3 aromatic rings. The third-order valence-electron chi connectivity index (χ3n) is 4.56. The predicted octanol–water partition coefficient (Wildman–Crippen LogP) is 3.60. The van der Waals surface area contributed by atoms with Crippen LogP contribution in [0.3, 0.4) is 0 Å². The molecular weight excluding hydrogens is 356 g/mol. The summed E-state index contributed by atoms with van der Waals surface area (Å²) in [5.41, 5.74) is 2.69. The molecule has 146 valence electrons. The van der Waals surface area contributed by atoms with Crippen molar-refractivity contribution in [1.29, 1.82) is 0 Å². The Balaban J connectivity index is 1.83. The molecule has 0 fully saturated rings. The van der Waals surface area contributed by atoms with Crippen LogP contribution in [0.15, 0.2) is 48.9 Å². The van der Waals surface area contributed by atoms with E-state index in [2.05, 4.69) is 29.2 Å². The van der Waals surface area contributed by atoms with Gasteiger partial charge in [-0.1, -0.05) is 26.0 Å². The van der Waals surface area contributed by atoms with Gasteiger partial charge < -0.3 is 15.2 Å². The van der Waals surface area contributed by atoms with Crippen LogP contribution in [0.5, 0.6) is 11.5 Å². The van der Waals surface area contributed by atoms with Gasteiger partial charge in [0.25, 0.3) is 5.91 Å². The maximum absolute atomic E-state index is 12.7. The van der Waals surface area contributed by atoms with Crippen molar-refractivity contribution in [2.75, 3.05) is 7.11 Å². The summed E-state index contributed by atoms with van der Waals surface area (Å²) in [5, 5.41) is 17.4. The van der Waals surface area contributed by atoms with E-state index in [9.17, 15) is 9.90 Å². The zero-order chi connectivity index (χ0) is 20.3. The molecule has 0 saturated heterocycles. The fraction of sp³-hybridized carbons (Fsp3) is 0.286. The monoisotopic (exact) mass is 380 g/mol. The number of nitrogens with zero attached hydrogens (tertiary/aromatic N) is 3. The number of pyridine rings is 1. The quantitative estimate of drug-likeness (QED) is 0.682. The standard InChI is InChI=1S/C21H24N4O3/c1-13(2)15-6-5-7-16(10-15)25-12-18(26)20(24-25)21(27)23-14(3)17-8-9-22-11-19(17)28-4/h5-14,26H,1-4H3,(H,23,27)/t14-/m0/s1. The van der Waals surface area contributed by atoms with E-state index in [-0.39, 0.29) is 17.5 Å². The maximum atomic E-state index is 12.7. The molecule has 0 radical (unpaired) electrons. The summed E-state index contributed by atoms with van der Waals surface area (Å²) in [6.45, 7) is 6.04. The van der Waals surface area contributed by atoms with E-state index < -0.39 is 5.91 Å². The number of carbonyl (C=O) groups is 1. The van der Waals surface area contributed by atoms with Crippen LogP contribution in [0.4, 0.5) is 0 Å². The number of amides is 1. The zero-order valence-electron chi connectivity index (χ0n) is 16.4. The van der Waals surface area contributed by atoms with Crippen molar-refractivity contribution in [2.45, 2.75) is 32.7 Å². The third kappa shape index (κ3) is 3.98. The predicted molar refractivity (Wildman–Crippen MR) is 106 cm³/mol. The Morgan fingerprint density at radius 2 is 2.04 bits per heavy atom. The summed E-state index contributed by atoms with van der Waals surface area (Å²) in [5.74, 6) is 0.294. The first-order valence-electron chi connectivity index (χ1n) is 9.08. The highest BCUT2D eigenvalue weighted by Crippen LogP contribution is 2.25. The minimum Gasteiger partial charge on any atom is -0.504 e. The Kier molecular flexibility index (Phi) is 5.63. The maximum Gasteiger partial charge on any atom is 0.276 e. The number of ether oxygens (including phenoxy) is 1. The van der Waals surface area contributed by atoms with Gasteiger partial charge in [0.1, 0.15) is 5.75 Å². The van der Waals surface area contributed by atoms with Gasteiger partial charge in [0.05, 0.1) is 31.2 Å². The smallest absolute Gasteiger partial charge is 0.276 e. The molecule has 2 heterocycles. The van der Waals surface area contributed by atoms with Gasteiger partial charge in [0.15, 0.2) is 11.4 Å². The first-order valence-corrected chi connectivity index (χ1v) is 9.08. The van der Waals surface area contributed by atoms with E-state index in [4.69, 9.17) is 4.74 Å². The number of methoxy groups -OCH3 is 1. The van der Waals surface area contributed by atoms with Gasteiger partial charge in [-0.3, -0.25) is 9.78 Å². The minimum absolute atomic E-state index is 0.0326. The van der Waals surface area contributed by atoms with Gasteiger partial charge in [0, 0.05) is 11.8 Å². The molecule has 0 aliphatic rings. The Hall–Kier alpha value is -3.35. The minimum atomic E-state index is -0.470. The molecule has 3 rings (SSSR count). The average Bonchev–Trinajstić information content (AvgIpc) is 3.09. The van der Waals surface area contributed by atoms with Gasteiger partial charge in [-0.2, -0.15) is 5.10 Å². The zero-order valence-corrected chi connectivity index (χ0v) is 16.4. The van der Waals surface area contributed by atoms with Crippen molar-refractivity contribution in [2.24, 2.45) is 0 Å². The molecule has 28 heavy (non-hydrogen) atoms. The molecule has 0 aliphatic heterocycles. The highest BCUT2D eigenvalue weighted by molar-refractivity contribution is 5.95. The Morgan fingerprint density at radius 3 is 2.75 bits per heavy atom. The first-order chi connectivity index (χ1) is 13.4. The molecule has 0 aliphatic carbocycles. The van der Waals surface area contributed by atoms with Gasteiger partial charge in [-0.15, -0.1) is 0 Å². The van der Waals surface area contributed by atoms with E-state index >= 15 is 0 Å². The Labute approximate surface area is 164 Å². The number of rotatable bonds is 6. The van der Waals surface area contributed by atoms with Crippen LogP contribution in [-0.2, 0) is 0 Å². The molecule has 2 N–H and O–H groups in total. The molecule has 0 saturated carbocycles. The lowest BCUT2D eigenvalue weighted by atomic mass is 10.0. The molecule has 2 aromatic heterocycles. The van der Waals surface area contributed by atoms with Gasteiger partial charge >= 0.3 is 0 Å². The summed E-state index contributed by atoms with van der Waals surface area (Å²) >= 11 is 0. The number of hydrogen-bond donors (Lipinski definition) is 2. The van der Waals surface area contributed by atoms with Crippen molar-refractivity contribution in [1.82, 2.24) is 20.1 Å². The lowest BCUT2D eigenvalue weighted by molar-refractivity contribution is 0.0931. The number of carbonyl (C=O) groups excluding carboxylic acids is 1. The third-order valence-corrected chi connectivity index (χ3v) is 4.56. The van der Waals surface area contributed by atoms with E-state index in [0.717, 1.165) is 16.8 Å². The van der Waals surface area contributed by atoms with Crippen molar-refractivity contribution in [3.05, 3.63) is 65.7 Å². The SMILES string of the molecule is COc1cnccc1[C@H](C)NC(=O)c1nn(-c2cccc(C(C)C)c2)cc1O. The van der Waals surface area contributed by atoms with Crippen LogP contribution >= 0.6 is 0 Å². The molecule has 1 amide bonds. The van der Waals surface area contributed by atoms with Crippen LogP contribution in [0.25, 0.3) is 5.69 Å². The van der Waals surface area contributed by atoms with E-state index in [1.807, 2.05) is 31.2 Å². The van der Waals surface area contributed by atoms with Crippen LogP contribution in [0, 0.1) is 0 Å². The first kappa shape index (κ1) is 19.4. The Bertz CT molecular complexity index is 981. The second-order valence-corrected chi connectivity index (χ2v) is 6.87. The number of nitrogens with one attached hydrogen (secondary N) is 1. The van der Waals surface area contributed by atoms with E-state index in [1.54, 1.807) is 25.6 Å². The topological polar surface area (TPSA) is 89.3 Å². The lowest BCUT2D eigenvalue weighted by Crippen LogP contribution is -2.27. The molecule has 1 aromatic carbocycles. The van der Waals surface area contributed by atoms with Crippen molar-refractivity contribution in [3.63, 3.8) is 0 Å². The van der Waals surface area contributed by atoms with E-state index in [1.165, 1.54) is 10.9 Å². The summed E-state index contributed by atoms with van der Waals surface area (Å²) in [6, 6.07) is 9.27. The van der Waals surface area contributed by atoms with Gasteiger partial charge in [-0.05, 0) is 36.6 Å². The summed E-state index contributed by atoms with van der Waals surface area (Å²) in [4.78, 5) is 16.7. The highest BCUT2D eigenvalue weighted by atomic mass is 16.5. The van der Waals surface area contributed by atoms with Crippen LogP contribution in [-0.4, -0.2) is 32.9 Å². The van der Waals surface area contributed by atoms with Crippen LogP contribution < -0.4 is 10.1 Å². The fourth-order valence-electron chi connectivity index (χ4n) is 2.95. The van der Waals surface area contributed by atoms with Gasteiger partial charge in [0.2, 0.25) is 0 Å². The number of benzene rings is 1. The highest BCUT2D eigenvalue weighted by Gasteiger charge is 2.21. The normalized spacial score (nSPS) is 12.0. The van der Waals surface area contributed by atoms with Crippen LogP contribution in [0.2, 0.25) is 0 Å². The number of hydrogen-bond acceptors (Lipinski definition) is 5. The van der Waals surface area contributed by atoms with Crippen molar-refractivity contribution in [3.8, 4) is 17.2 Å². The molecule has 0 bridgehead atoms. The van der Waals surface area contributed by atoms with Gasteiger partial charge in [-0.25, -0.2) is 4.68 Å². The van der Waals surface area contributed by atoms with E-state index in [0.29, 0.717) is 11.7 Å². The van der Waals surface area contributed by atoms with Crippen LogP contribution in [0.1, 0.15) is 54.3 Å². The fourth-order valence-corrected chi connectivity index (χ4v) is 2.95. The molecule has 1 atom stereocenters. The van der Waals surface area contributed by atoms with Crippen molar-refractivity contribution < 1.29 is 14.6 Å². The summed E-state index contributed by atoms with van der Waals surface area (Å²) in [6.07, 6.45) is 4.66. The average molecular weight is 380 g/mol. The molecular formula is C21H24N4O3.